The molecule has 0 spiro atoms. The number of hydrogen-bond donors (Lipinski definition) is 2. The third-order valence-corrected chi connectivity index (χ3v) is 4.04. The molecule has 0 amide bonds. The third kappa shape index (κ3) is 4.70. The quantitative estimate of drug-likeness (QED) is 0.316. The molecule has 5 heterocycles. The molecule has 2 radical (unpaired) electrons. The minimum Gasteiger partial charge on any atom is -0.355 e. The molecule has 0 unspecified atom stereocenters. The molecule has 2 aliphatic rings. The van der Waals surface area contributed by atoms with E-state index in [0.29, 0.717) is 0 Å². The van der Waals surface area contributed by atoms with Gasteiger partial charge in [-0.25, -0.2) is 9.97 Å². The minimum atomic E-state index is 0. The first-order chi connectivity index (χ1) is 11.8. The van der Waals surface area contributed by atoms with Gasteiger partial charge in [-0.2, -0.15) is 0 Å². The van der Waals surface area contributed by atoms with Crippen molar-refractivity contribution in [2.45, 2.75) is 0 Å². The van der Waals surface area contributed by atoms with Crippen LogP contribution in [0, 0.1) is 0 Å². The molecule has 8 bridgehead atoms. The first-order valence-electron chi connectivity index (χ1n) is 7.85. The van der Waals surface area contributed by atoms with E-state index in [2.05, 4.69) is 50.3 Å². The van der Waals surface area contributed by atoms with Crippen LogP contribution in [0.3, 0.4) is 0 Å². The fourth-order valence-corrected chi connectivity index (χ4v) is 2.94. The molecular formula is C20H14CoMnN4Ni. The number of nitrogens with one attached hydrogen (secondary N) is 2. The fraction of sp³-hybridized carbons (Fsp3) is 0. The summed E-state index contributed by atoms with van der Waals surface area (Å²) in [5.74, 6) is 0. The van der Waals surface area contributed by atoms with Crippen molar-refractivity contribution in [3.63, 3.8) is 0 Å². The Labute approximate surface area is 187 Å². The van der Waals surface area contributed by atoms with Crippen molar-refractivity contribution in [3.8, 4) is 0 Å². The van der Waals surface area contributed by atoms with Crippen molar-refractivity contribution in [2.24, 2.45) is 0 Å². The molecule has 7 heteroatoms. The Kier molecular flexibility index (Phi) is 7.04. The molecule has 3 aromatic heterocycles. The number of aromatic amines is 2. The van der Waals surface area contributed by atoms with Crippen LogP contribution in [0.5, 0.6) is 0 Å². The van der Waals surface area contributed by atoms with Gasteiger partial charge in [-0.3, -0.25) is 0 Å². The molecule has 4 nitrogen and oxygen atoms in total. The summed E-state index contributed by atoms with van der Waals surface area (Å²) in [7, 11) is 0. The molecule has 0 saturated heterocycles. The van der Waals surface area contributed by atoms with Crippen LogP contribution in [-0.2, 0) is 50.3 Å². The van der Waals surface area contributed by atoms with Gasteiger partial charge in [0.25, 0.3) is 0 Å². The molecule has 3 aromatic rings. The second-order valence-electron chi connectivity index (χ2n) is 5.91. The maximum atomic E-state index is 4.62. The number of fused-ring (bicyclic) bond motifs is 8. The van der Waals surface area contributed by atoms with Gasteiger partial charge in [0.05, 0.1) is 22.8 Å². The van der Waals surface area contributed by atoms with Gasteiger partial charge in [0.1, 0.15) is 0 Å². The van der Waals surface area contributed by atoms with Crippen LogP contribution >= 0.6 is 0 Å². The molecule has 140 valence electrons. The molecule has 0 aromatic carbocycles. The summed E-state index contributed by atoms with van der Waals surface area (Å²) in [6.45, 7) is 0. The van der Waals surface area contributed by atoms with E-state index in [9.17, 15) is 0 Å². The minimum absolute atomic E-state index is 0. The van der Waals surface area contributed by atoms with Crippen molar-refractivity contribution in [1.82, 2.24) is 19.9 Å². The van der Waals surface area contributed by atoms with Gasteiger partial charge in [0, 0.05) is 72.4 Å². The summed E-state index contributed by atoms with van der Waals surface area (Å²) in [6, 6.07) is 16.4. The molecule has 27 heavy (non-hydrogen) atoms. The van der Waals surface area contributed by atoms with Crippen molar-refractivity contribution < 1.29 is 50.3 Å². The van der Waals surface area contributed by atoms with E-state index in [-0.39, 0.29) is 50.3 Å². The fourth-order valence-electron chi connectivity index (χ4n) is 2.94. The molecule has 0 saturated carbocycles. The van der Waals surface area contributed by atoms with E-state index >= 15 is 0 Å². The first kappa shape index (κ1) is 21.4. The van der Waals surface area contributed by atoms with E-state index in [0.717, 1.165) is 44.8 Å². The summed E-state index contributed by atoms with van der Waals surface area (Å²) in [4.78, 5) is 16.0. The zero-order valence-corrected chi connectivity index (χ0v) is 17.1. The van der Waals surface area contributed by atoms with E-state index in [1.807, 2.05) is 42.5 Å². The predicted molar refractivity (Wildman–Crippen MR) is 98.9 cm³/mol. The molecular weight excluding hydrogens is 469 g/mol. The smallest absolute Gasteiger partial charge is 0.0659 e. The van der Waals surface area contributed by atoms with Gasteiger partial charge in [-0.15, -0.1) is 0 Å². The van der Waals surface area contributed by atoms with Crippen LogP contribution in [0.1, 0.15) is 22.8 Å². The van der Waals surface area contributed by atoms with Crippen LogP contribution in [0.15, 0.2) is 48.5 Å². The summed E-state index contributed by atoms with van der Waals surface area (Å²) < 4.78 is 0. The first-order valence-corrected chi connectivity index (χ1v) is 7.85. The van der Waals surface area contributed by atoms with Gasteiger partial charge >= 0.3 is 0 Å². The number of nitrogens with zero attached hydrogens (tertiary/aromatic N) is 2. The summed E-state index contributed by atoms with van der Waals surface area (Å²) in [5.41, 5.74) is 7.86. The van der Waals surface area contributed by atoms with Crippen LogP contribution < -0.4 is 0 Å². The van der Waals surface area contributed by atoms with Crippen LogP contribution in [0.2, 0.25) is 0 Å². The number of H-pyrrole nitrogens is 2. The van der Waals surface area contributed by atoms with Crippen LogP contribution in [0.25, 0.3) is 46.4 Å². The molecule has 2 aliphatic heterocycles. The maximum absolute atomic E-state index is 4.62. The van der Waals surface area contributed by atoms with Crippen molar-refractivity contribution in [1.29, 1.82) is 0 Å². The third-order valence-electron chi connectivity index (χ3n) is 4.04. The van der Waals surface area contributed by atoms with Crippen molar-refractivity contribution in [2.75, 3.05) is 0 Å². The largest absolute Gasteiger partial charge is 0.355 e. The van der Waals surface area contributed by atoms with Gasteiger partial charge < -0.3 is 9.97 Å². The number of aromatic nitrogens is 4. The summed E-state index contributed by atoms with van der Waals surface area (Å²) >= 11 is 0. The molecule has 2 N–H and O–H groups in total. The van der Waals surface area contributed by atoms with E-state index in [1.54, 1.807) is 0 Å². The van der Waals surface area contributed by atoms with Gasteiger partial charge in [0.15, 0.2) is 0 Å². The molecule has 0 atom stereocenters. The zero-order valence-electron chi connectivity index (χ0n) is 13.9. The van der Waals surface area contributed by atoms with Gasteiger partial charge in [-0.1, -0.05) is 0 Å². The van der Waals surface area contributed by atoms with Crippen molar-refractivity contribution >= 4 is 46.4 Å². The normalized spacial score (nSPS) is 11.3. The second kappa shape index (κ2) is 8.87. The molecule has 5 rings (SSSR count). The van der Waals surface area contributed by atoms with E-state index in [4.69, 9.17) is 0 Å². The summed E-state index contributed by atoms with van der Waals surface area (Å²) in [5, 5.41) is 0. The standard InChI is InChI=1S/C20H14N4.Co.Mn.Ni/c1-2-14-10-16-5-6-18(23-16)12-20-8-7-19(24-20)11-17-4-3-15(22-17)9-13(1)21-14;;;/h1-12,21-22H;;;. The van der Waals surface area contributed by atoms with E-state index in [1.165, 1.54) is 0 Å². The van der Waals surface area contributed by atoms with Crippen LogP contribution in [0.4, 0.5) is 0 Å². The Morgan fingerprint density at radius 2 is 0.852 bits per heavy atom. The average molecular weight is 483 g/mol. The monoisotopic (exact) mass is 482 g/mol. The number of rotatable bonds is 0. The van der Waals surface area contributed by atoms with Gasteiger partial charge in [0.2, 0.25) is 0 Å². The number of hydrogen-bond acceptors (Lipinski definition) is 2. The topological polar surface area (TPSA) is 57.4 Å². The van der Waals surface area contributed by atoms with Crippen molar-refractivity contribution in [3.05, 3.63) is 71.3 Å². The van der Waals surface area contributed by atoms with E-state index < -0.39 is 0 Å². The molecule has 0 fully saturated rings. The summed E-state index contributed by atoms with van der Waals surface area (Å²) in [6.07, 6.45) is 8.05. The zero-order chi connectivity index (χ0) is 15.9. The van der Waals surface area contributed by atoms with Gasteiger partial charge in [-0.05, 0) is 72.8 Å². The average Bonchev–Trinajstić information content (AvgIpc) is 3.32. The molecule has 0 aliphatic carbocycles. The Balaban J connectivity index is 0.000000871. The Hall–Kier alpha value is -1.88. The predicted octanol–water partition coefficient (Wildman–Crippen LogP) is 4.65. The SMILES string of the molecule is C1=Cc2cc3ccc(cc4ccc(cc5nc(cc1n2)C=C5)[nH]4)[nH]3.[Co].[Mn].[Ni]. The second-order valence-corrected chi connectivity index (χ2v) is 5.91. The Morgan fingerprint density at radius 1 is 0.519 bits per heavy atom. The Morgan fingerprint density at radius 3 is 1.26 bits per heavy atom. The van der Waals surface area contributed by atoms with Crippen LogP contribution in [-0.4, -0.2) is 19.9 Å². The maximum Gasteiger partial charge on any atom is 0.0659 e. The Bertz CT molecular complexity index is 1090.